The Morgan fingerprint density at radius 1 is 1.12 bits per heavy atom. The maximum Gasteiger partial charge on any atom is 0.328 e. The number of hydrogen-bond donors (Lipinski definition) is 1. The average molecular weight is 453 g/mol. The maximum atomic E-state index is 12.7. The summed E-state index contributed by atoms with van der Waals surface area (Å²) in [6.07, 6.45) is 0.853. The molecule has 10 heteroatoms. The highest BCUT2D eigenvalue weighted by Crippen LogP contribution is 2.14. The number of carbonyl (C=O) groups excluding carboxylic acids is 2. The van der Waals surface area contributed by atoms with Crippen molar-refractivity contribution in [3.05, 3.63) is 53.9 Å². The number of ether oxygens (including phenoxy) is 2. The molecule has 174 valence electrons. The number of nitrogens with one attached hydrogen (secondary N) is 1. The van der Waals surface area contributed by atoms with Crippen LogP contribution in [-0.2, 0) is 31.9 Å². The summed E-state index contributed by atoms with van der Waals surface area (Å²) in [4.78, 5) is 27.2. The Morgan fingerprint density at radius 2 is 1.91 bits per heavy atom. The highest BCUT2D eigenvalue weighted by Gasteiger charge is 2.23. The number of carbonyl (C=O) groups is 2. The van der Waals surface area contributed by atoms with E-state index >= 15 is 0 Å². The number of aryl methyl sites for hydroxylation is 1. The second-order valence-electron chi connectivity index (χ2n) is 7.74. The van der Waals surface area contributed by atoms with Crippen LogP contribution in [0.4, 0.5) is 5.82 Å². The molecule has 0 aliphatic carbocycles. The average Bonchev–Trinajstić information content (AvgIpc) is 3.26. The molecule has 1 aliphatic rings. The lowest BCUT2D eigenvalue weighted by atomic mass is 10.1. The van der Waals surface area contributed by atoms with Crippen LogP contribution in [0.5, 0.6) is 0 Å². The van der Waals surface area contributed by atoms with Gasteiger partial charge in [-0.1, -0.05) is 30.3 Å². The van der Waals surface area contributed by atoms with Gasteiger partial charge in [0.05, 0.1) is 19.8 Å². The summed E-state index contributed by atoms with van der Waals surface area (Å²) in [7, 11) is 0. The van der Waals surface area contributed by atoms with Crippen LogP contribution in [0, 0.1) is 0 Å². The first-order valence-electron chi connectivity index (χ1n) is 11.2. The van der Waals surface area contributed by atoms with Gasteiger partial charge in [0, 0.05) is 32.4 Å². The van der Waals surface area contributed by atoms with Gasteiger partial charge in [0.1, 0.15) is 11.9 Å². The van der Waals surface area contributed by atoms with E-state index in [0.717, 1.165) is 24.5 Å². The van der Waals surface area contributed by atoms with Gasteiger partial charge in [-0.25, -0.2) is 4.79 Å². The van der Waals surface area contributed by atoms with E-state index in [4.69, 9.17) is 9.47 Å². The van der Waals surface area contributed by atoms with Gasteiger partial charge in [-0.15, -0.1) is 15.3 Å². The number of aromatic nitrogens is 4. The van der Waals surface area contributed by atoms with Crippen molar-refractivity contribution in [2.45, 2.75) is 32.2 Å². The number of morpholine rings is 1. The molecule has 1 N–H and O–H groups in total. The summed E-state index contributed by atoms with van der Waals surface area (Å²) in [5.41, 5.74) is 1.56. The van der Waals surface area contributed by atoms with Crippen LogP contribution < -0.4 is 10.2 Å². The van der Waals surface area contributed by atoms with E-state index in [2.05, 4.69) is 25.5 Å². The zero-order valence-corrected chi connectivity index (χ0v) is 18.6. The van der Waals surface area contributed by atoms with E-state index < -0.39 is 12.0 Å². The smallest absolute Gasteiger partial charge is 0.328 e. The van der Waals surface area contributed by atoms with Gasteiger partial charge in [-0.3, -0.25) is 4.79 Å². The van der Waals surface area contributed by atoms with Gasteiger partial charge in [0.25, 0.3) is 0 Å². The largest absolute Gasteiger partial charge is 0.464 e. The van der Waals surface area contributed by atoms with Gasteiger partial charge >= 0.3 is 5.97 Å². The summed E-state index contributed by atoms with van der Waals surface area (Å²) in [5, 5.41) is 15.8. The number of esters is 1. The summed E-state index contributed by atoms with van der Waals surface area (Å²) in [5.74, 6) is 0.706. The third kappa shape index (κ3) is 5.83. The molecule has 0 saturated carbocycles. The lowest BCUT2D eigenvalue weighted by Gasteiger charge is -2.27. The van der Waals surface area contributed by atoms with E-state index in [1.165, 1.54) is 0 Å². The Bertz CT molecular complexity index is 1080. The van der Waals surface area contributed by atoms with Crippen molar-refractivity contribution in [1.29, 1.82) is 0 Å². The zero-order chi connectivity index (χ0) is 23.0. The molecule has 0 radical (unpaired) electrons. The minimum Gasteiger partial charge on any atom is -0.464 e. The van der Waals surface area contributed by atoms with Gasteiger partial charge in [-0.05, 0) is 24.6 Å². The fourth-order valence-electron chi connectivity index (χ4n) is 3.72. The van der Waals surface area contributed by atoms with Crippen molar-refractivity contribution in [3.8, 4) is 0 Å². The molecule has 1 aliphatic heterocycles. The van der Waals surface area contributed by atoms with Crippen molar-refractivity contribution < 1.29 is 19.1 Å². The van der Waals surface area contributed by atoms with E-state index in [0.29, 0.717) is 37.5 Å². The third-order valence-corrected chi connectivity index (χ3v) is 5.41. The van der Waals surface area contributed by atoms with Crippen LogP contribution in [0.3, 0.4) is 0 Å². The Hall–Kier alpha value is -3.53. The Kier molecular flexibility index (Phi) is 7.46. The minimum atomic E-state index is -0.749. The lowest BCUT2D eigenvalue weighted by Crippen LogP contribution is -2.43. The van der Waals surface area contributed by atoms with Gasteiger partial charge < -0.3 is 19.7 Å². The fraction of sp³-hybridized carbons (Fsp3) is 0.435. The predicted octanol–water partition coefficient (Wildman–Crippen LogP) is 1.18. The third-order valence-electron chi connectivity index (χ3n) is 5.41. The first kappa shape index (κ1) is 22.7. The monoisotopic (exact) mass is 452 g/mol. The molecule has 3 heterocycles. The van der Waals surface area contributed by atoms with Crippen molar-refractivity contribution in [2.75, 3.05) is 37.8 Å². The maximum absolute atomic E-state index is 12.7. The lowest BCUT2D eigenvalue weighted by molar-refractivity contribution is -0.147. The van der Waals surface area contributed by atoms with Gasteiger partial charge in [-0.2, -0.15) is 4.52 Å². The Labute approximate surface area is 191 Å². The number of benzene rings is 1. The number of rotatable bonds is 9. The number of anilines is 1. The van der Waals surface area contributed by atoms with E-state index in [1.807, 2.05) is 42.5 Å². The van der Waals surface area contributed by atoms with Crippen LogP contribution in [0.15, 0.2) is 42.5 Å². The van der Waals surface area contributed by atoms with Crippen molar-refractivity contribution in [3.63, 3.8) is 0 Å². The highest BCUT2D eigenvalue weighted by atomic mass is 16.5. The van der Waals surface area contributed by atoms with Crippen molar-refractivity contribution >= 4 is 23.3 Å². The summed E-state index contributed by atoms with van der Waals surface area (Å²) < 4.78 is 12.2. The molecular formula is C23H28N6O4. The molecule has 1 fully saturated rings. The van der Waals surface area contributed by atoms with Crippen LogP contribution in [0.1, 0.15) is 24.7 Å². The molecule has 33 heavy (non-hydrogen) atoms. The molecule has 0 spiro atoms. The van der Waals surface area contributed by atoms with Crippen molar-refractivity contribution in [2.24, 2.45) is 0 Å². The summed E-state index contributed by atoms with van der Waals surface area (Å²) in [6.45, 7) is 4.87. The predicted molar refractivity (Wildman–Crippen MR) is 121 cm³/mol. The normalized spacial score (nSPS) is 14.8. The van der Waals surface area contributed by atoms with Crippen molar-refractivity contribution in [1.82, 2.24) is 25.1 Å². The van der Waals surface area contributed by atoms with E-state index in [1.54, 1.807) is 11.4 Å². The van der Waals surface area contributed by atoms with Crippen LogP contribution in [0.2, 0.25) is 0 Å². The second-order valence-corrected chi connectivity index (χ2v) is 7.74. The number of nitrogens with zero attached hydrogens (tertiary/aromatic N) is 5. The number of fused-ring (bicyclic) bond motifs is 1. The van der Waals surface area contributed by atoms with Gasteiger partial charge in [0.2, 0.25) is 5.91 Å². The van der Waals surface area contributed by atoms with Gasteiger partial charge in [0.15, 0.2) is 11.5 Å². The fourth-order valence-corrected chi connectivity index (χ4v) is 3.72. The second kappa shape index (κ2) is 10.9. The van der Waals surface area contributed by atoms with E-state index in [-0.39, 0.29) is 18.9 Å². The molecule has 1 atom stereocenters. The first-order valence-corrected chi connectivity index (χ1v) is 11.2. The summed E-state index contributed by atoms with van der Waals surface area (Å²) in [6, 6.07) is 12.6. The first-order chi connectivity index (χ1) is 16.1. The number of amides is 1. The summed E-state index contributed by atoms with van der Waals surface area (Å²) >= 11 is 0. The van der Waals surface area contributed by atoms with Crippen LogP contribution in [0.25, 0.3) is 5.65 Å². The molecule has 2 aromatic heterocycles. The van der Waals surface area contributed by atoms with Crippen LogP contribution >= 0.6 is 0 Å². The molecular weight excluding hydrogens is 424 g/mol. The van der Waals surface area contributed by atoms with E-state index in [9.17, 15) is 9.59 Å². The SMILES string of the molecule is CCOC(=O)[C@@H](Cc1ccccc1)NC(=O)CCc1nnc2ccc(N3CCOCC3)nn12. The zero-order valence-electron chi connectivity index (χ0n) is 18.6. The Balaban J connectivity index is 1.40. The molecule has 4 rings (SSSR count). The molecule has 1 amide bonds. The molecule has 10 nitrogen and oxygen atoms in total. The quantitative estimate of drug-likeness (QED) is 0.482. The Morgan fingerprint density at radius 3 is 2.67 bits per heavy atom. The minimum absolute atomic E-state index is 0.148. The molecule has 3 aromatic rings. The standard InChI is InChI=1S/C23H28N6O4/c1-2-33-23(31)18(16-17-6-4-3-5-7-17)24-22(30)11-10-20-26-25-19-8-9-21(27-29(19)20)28-12-14-32-15-13-28/h3-9,18H,2,10-16H2,1H3,(H,24,30)/t18-/m1/s1. The topological polar surface area (TPSA) is 111 Å². The molecule has 0 unspecified atom stereocenters. The number of hydrogen-bond acceptors (Lipinski definition) is 8. The molecule has 1 aromatic carbocycles. The highest BCUT2D eigenvalue weighted by molar-refractivity contribution is 5.84. The van der Waals surface area contributed by atoms with Crippen LogP contribution in [-0.4, -0.2) is 70.6 Å². The molecule has 1 saturated heterocycles. The molecule has 0 bridgehead atoms.